The molecule has 3 rings (SSSR count). The zero-order chi connectivity index (χ0) is 15.9. The van der Waals surface area contributed by atoms with Gasteiger partial charge in [-0.05, 0) is 50.2 Å². The summed E-state index contributed by atoms with van der Waals surface area (Å²) >= 11 is 0. The number of ketones is 1. The van der Waals surface area contributed by atoms with E-state index in [9.17, 15) is 19.5 Å². The number of fused-ring (bicyclic) bond motifs is 2. The average molecular weight is 300 g/mol. The fourth-order valence-corrected chi connectivity index (χ4v) is 4.05. The molecule has 0 radical (unpaired) electrons. The van der Waals surface area contributed by atoms with Crippen LogP contribution in [0.25, 0.3) is 0 Å². The Morgan fingerprint density at radius 1 is 1.14 bits per heavy atom. The van der Waals surface area contributed by atoms with Crippen molar-refractivity contribution in [1.82, 2.24) is 0 Å². The Kier molecular flexibility index (Phi) is 3.72. The molecule has 116 valence electrons. The number of benzene rings is 1. The lowest BCUT2D eigenvalue weighted by molar-refractivity contribution is -0.314. The molecular formula is C17H18NO4-. The zero-order valence-corrected chi connectivity index (χ0v) is 12.4. The number of nitrogens with one attached hydrogen (secondary N) is 1. The van der Waals surface area contributed by atoms with Crippen LogP contribution in [0.2, 0.25) is 0 Å². The third-order valence-corrected chi connectivity index (χ3v) is 5.03. The quantitative estimate of drug-likeness (QED) is 0.848. The molecule has 22 heavy (non-hydrogen) atoms. The summed E-state index contributed by atoms with van der Waals surface area (Å²) in [5.74, 6) is -2.49. The predicted octanol–water partition coefficient (Wildman–Crippen LogP) is 1.24. The lowest BCUT2D eigenvalue weighted by Crippen LogP contribution is -2.43. The van der Waals surface area contributed by atoms with E-state index < -0.39 is 17.8 Å². The van der Waals surface area contributed by atoms with Gasteiger partial charge in [0.15, 0.2) is 5.78 Å². The Labute approximate surface area is 128 Å². The van der Waals surface area contributed by atoms with Gasteiger partial charge in [-0.15, -0.1) is 0 Å². The molecule has 0 saturated heterocycles. The fourth-order valence-electron chi connectivity index (χ4n) is 4.05. The average Bonchev–Trinajstić information content (AvgIpc) is 3.07. The van der Waals surface area contributed by atoms with E-state index in [2.05, 4.69) is 5.32 Å². The number of hydrogen-bond acceptors (Lipinski definition) is 4. The van der Waals surface area contributed by atoms with E-state index in [0.717, 1.165) is 19.3 Å². The number of rotatable bonds is 4. The van der Waals surface area contributed by atoms with Gasteiger partial charge in [0.25, 0.3) is 0 Å². The normalized spacial score (nSPS) is 29.3. The first-order valence-electron chi connectivity index (χ1n) is 7.60. The lowest BCUT2D eigenvalue weighted by Gasteiger charge is -2.30. The number of hydrogen-bond donors (Lipinski definition) is 1. The first-order chi connectivity index (χ1) is 10.5. The highest BCUT2D eigenvalue weighted by atomic mass is 16.4. The number of aliphatic carboxylic acids is 1. The number of carboxylic acids is 1. The monoisotopic (exact) mass is 300 g/mol. The molecule has 2 saturated carbocycles. The van der Waals surface area contributed by atoms with E-state index >= 15 is 0 Å². The molecule has 1 amide bonds. The molecule has 0 unspecified atom stereocenters. The summed E-state index contributed by atoms with van der Waals surface area (Å²) < 4.78 is 0. The minimum absolute atomic E-state index is 0.0642. The molecule has 0 heterocycles. The SMILES string of the molecule is CC(=O)c1cccc(NC(=O)[C@@H]2[C@H]3CC[C@@H](C3)[C@H]2C(=O)[O-])c1. The number of carbonyl (C=O) groups is 3. The van der Waals surface area contributed by atoms with E-state index in [-0.39, 0.29) is 23.5 Å². The maximum absolute atomic E-state index is 12.5. The molecule has 5 nitrogen and oxygen atoms in total. The Morgan fingerprint density at radius 2 is 1.82 bits per heavy atom. The fraction of sp³-hybridized carbons (Fsp3) is 0.471. The molecular weight excluding hydrogens is 282 g/mol. The molecule has 0 aromatic heterocycles. The first kappa shape index (κ1) is 14.8. The van der Waals surface area contributed by atoms with Gasteiger partial charge in [0.1, 0.15) is 0 Å². The van der Waals surface area contributed by atoms with Gasteiger partial charge in [-0.1, -0.05) is 12.1 Å². The number of carbonyl (C=O) groups excluding carboxylic acids is 3. The van der Waals surface area contributed by atoms with Gasteiger partial charge >= 0.3 is 0 Å². The minimum Gasteiger partial charge on any atom is -0.550 e. The molecule has 5 heteroatoms. The second kappa shape index (κ2) is 5.55. The Bertz CT molecular complexity index is 639. The van der Waals surface area contributed by atoms with Crippen molar-refractivity contribution in [2.75, 3.05) is 5.32 Å². The predicted molar refractivity (Wildman–Crippen MR) is 77.9 cm³/mol. The number of anilines is 1. The van der Waals surface area contributed by atoms with Gasteiger partial charge in [-0.2, -0.15) is 0 Å². The highest BCUT2D eigenvalue weighted by molar-refractivity contribution is 5.98. The molecule has 1 aromatic rings. The van der Waals surface area contributed by atoms with Crippen LogP contribution >= 0.6 is 0 Å². The van der Waals surface area contributed by atoms with Crippen LogP contribution in [0.15, 0.2) is 24.3 Å². The van der Waals surface area contributed by atoms with E-state index in [1.165, 1.54) is 6.92 Å². The van der Waals surface area contributed by atoms with Gasteiger partial charge in [0.2, 0.25) is 5.91 Å². The van der Waals surface area contributed by atoms with E-state index in [0.29, 0.717) is 11.3 Å². The Balaban J connectivity index is 1.78. The summed E-state index contributed by atoms with van der Waals surface area (Å²) in [5.41, 5.74) is 1.04. The van der Waals surface area contributed by atoms with Crippen LogP contribution in [0.3, 0.4) is 0 Å². The molecule has 1 N–H and O–H groups in total. The van der Waals surface area contributed by atoms with Gasteiger partial charge in [0, 0.05) is 29.1 Å². The number of amides is 1. The highest BCUT2D eigenvalue weighted by Gasteiger charge is 2.51. The van der Waals surface area contributed by atoms with Crippen molar-refractivity contribution in [3.05, 3.63) is 29.8 Å². The van der Waals surface area contributed by atoms with Gasteiger partial charge in [-0.3, -0.25) is 9.59 Å². The Hall–Kier alpha value is -2.17. The third-order valence-electron chi connectivity index (χ3n) is 5.03. The molecule has 0 spiro atoms. The standard InChI is InChI=1S/C17H19NO4/c1-9(19)10-3-2-4-13(8-10)18-16(20)14-11-5-6-12(7-11)15(14)17(21)22/h2-4,8,11-12,14-15H,5-7H2,1H3,(H,18,20)(H,21,22)/p-1/t11-,12-,14+,15+/m0/s1. The summed E-state index contributed by atoms with van der Waals surface area (Å²) in [7, 11) is 0. The van der Waals surface area contributed by atoms with Crippen LogP contribution < -0.4 is 10.4 Å². The van der Waals surface area contributed by atoms with Crippen LogP contribution in [0, 0.1) is 23.7 Å². The molecule has 2 aliphatic carbocycles. The van der Waals surface area contributed by atoms with Crippen LogP contribution in [-0.4, -0.2) is 17.7 Å². The van der Waals surface area contributed by atoms with E-state index in [1.807, 2.05) is 0 Å². The molecule has 2 bridgehead atoms. The van der Waals surface area contributed by atoms with Crippen LogP contribution in [0.5, 0.6) is 0 Å². The Morgan fingerprint density at radius 3 is 2.45 bits per heavy atom. The largest absolute Gasteiger partial charge is 0.550 e. The van der Waals surface area contributed by atoms with Gasteiger partial charge < -0.3 is 15.2 Å². The minimum atomic E-state index is -1.12. The molecule has 2 fully saturated rings. The van der Waals surface area contributed by atoms with E-state index in [4.69, 9.17) is 0 Å². The van der Waals surface area contributed by atoms with Crippen molar-refractivity contribution in [3.8, 4) is 0 Å². The van der Waals surface area contributed by atoms with Crippen LogP contribution in [0.1, 0.15) is 36.5 Å². The maximum atomic E-state index is 12.5. The topological polar surface area (TPSA) is 86.3 Å². The molecule has 1 aromatic carbocycles. The number of carboxylic acid groups (broad SMARTS) is 1. The first-order valence-corrected chi connectivity index (χ1v) is 7.60. The maximum Gasteiger partial charge on any atom is 0.228 e. The highest BCUT2D eigenvalue weighted by Crippen LogP contribution is 2.52. The summed E-state index contributed by atoms with van der Waals surface area (Å²) in [4.78, 5) is 35.3. The van der Waals surface area contributed by atoms with Crippen molar-refractivity contribution in [2.24, 2.45) is 23.7 Å². The second-order valence-electron chi connectivity index (χ2n) is 6.33. The third kappa shape index (κ3) is 2.51. The van der Waals surface area contributed by atoms with E-state index in [1.54, 1.807) is 24.3 Å². The molecule has 0 aliphatic heterocycles. The molecule has 2 aliphatic rings. The van der Waals surface area contributed by atoms with Gasteiger partial charge in [-0.25, -0.2) is 0 Å². The summed E-state index contributed by atoms with van der Waals surface area (Å²) in [6.07, 6.45) is 2.57. The summed E-state index contributed by atoms with van der Waals surface area (Å²) in [6.45, 7) is 1.46. The smallest absolute Gasteiger partial charge is 0.228 e. The van der Waals surface area contributed by atoms with Crippen LogP contribution in [-0.2, 0) is 9.59 Å². The van der Waals surface area contributed by atoms with Crippen molar-refractivity contribution in [3.63, 3.8) is 0 Å². The van der Waals surface area contributed by atoms with Crippen LogP contribution in [0.4, 0.5) is 5.69 Å². The summed E-state index contributed by atoms with van der Waals surface area (Å²) in [6, 6.07) is 6.69. The van der Waals surface area contributed by atoms with Crippen molar-refractivity contribution in [2.45, 2.75) is 26.2 Å². The number of Topliss-reactive ketones (excluding diaryl/α,β-unsaturated/α-hetero) is 1. The van der Waals surface area contributed by atoms with Crippen molar-refractivity contribution >= 4 is 23.3 Å². The van der Waals surface area contributed by atoms with Gasteiger partial charge in [0.05, 0.1) is 0 Å². The summed E-state index contributed by atoms with van der Waals surface area (Å²) in [5, 5.41) is 14.1. The lowest BCUT2D eigenvalue weighted by atomic mass is 9.78. The molecule has 4 atom stereocenters. The van der Waals surface area contributed by atoms with Crippen molar-refractivity contribution < 1.29 is 19.5 Å². The zero-order valence-electron chi connectivity index (χ0n) is 12.4. The second-order valence-corrected chi connectivity index (χ2v) is 6.33. The van der Waals surface area contributed by atoms with Crippen molar-refractivity contribution in [1.29, 1.82) is 0 Å².